The monoisotopic (exact) mass is 395 g/mol. The number of rotatable bonds is 7. The highest BCUT2D eigenvalue weighted by Crippen LogP contribution is 2.29. The summed E-state index contributed by atoms with van der Waals surface area (Å²) in [7, 11) is 0. The summed E-state index contributed by atoms with van der Waals surface area (Å²) in [6.07, 6.45) is 4.07. The van der Waals surface area contributed by atoms with E-state index in [1.165, 1.54) is 17.7 Å². The molecule has 2 aromatic rings. The molecule has 2 aliphatic heterocycles. The van der Waals surface area contributed by atoms with Crippen LogP contribution in [0, 0.1) is 11.7 Å². The molecule has 5 nitrogen and oxygen atoms in total. The van der Waals surface area contributed by atoms with Gasteiger partial charge in [0.2, 0.25) is 0 Å². The van der Waals surface area contributed by atoms with Crippen LogP contribution in [0.2, 0.25) is 0 Å². The molecule has 2 aliphatic rings. The van der Waals surface area contributed by atoms with Gasteiger partial charge in [-0.25, -0.2) is 4.39 Å². The molecule has 2 heterocycles. The van der Waals surface area contributed by atoms with Gasteiger partial charge in [-0.2, -0.15) is 0 Å². The number of hydrogen-bond donors (Lipinski definition) is 2. The lowest BCUT2D eigenvalue weighted by Gasteiger charge is -2.31. The number of anilines is 2. The molecule has 6 heteroatoms. The highest BCUT2D eigenvalue weighted by atomic mass is 19.1. The van der Waals surface area contributed by atoms with Crippen molar-refractivity contribution in [2.45, 2.75) is 31.8 Å². The van der Waals surface area contributed by atoms with Gasteiger partial charge in [-0.05, 0) is 74.2 Å². The third kappa shape index (κ3) is 4.82. The van der Waals surface area contributed by atoms with Gasteiger partial charge in [0, 0.05) is 18.5 Å². The zero-order valence-electron chi connectivity index (χ0n) is 16.4. The summed E-state index contributed by atoms with van der Waals surface area (Å²) >= 11 is 0. The number of carbonyl (C=O) groups is 2. The number of aldehydes is 1. The quantitative estimate of drug-likeness (QED) is 0.553. The summed E-state index contributed by atoms with van der Waals surface area (Å²) in [5, 5.41) is 6.09. The molecule has 152 valence electrons. The summed E-state index contributed by atoms with van der Waals surface area (Å²) in [6, 6.07) is 12.3. The van der Waals surface area contributed by atoms with Crippen LogP contribution in [-0.2, 0) is 11.2 Å². The maximum Gasteiger partial charge on any atom is 0.164 e. The Kier molecular flexibility index (Phi) is 5.90. The highest BCUT2D eigenvalue weighted by molar-refractivity contribution is 5.99. The van der Waals surface area contributed by atoms with Crippen molar-refractivity contribution in [1.29, 1.82) is 0 Å². The zero-order valence-corrected chi connectivity index (χ0v) is 16.4. The van der Waals surface area contributed by atoms with Crippen LogP contribution in [0.5, 0.6) is 0 Å². The molecule has 4 rings (SSSR count). The molecule has 0 saturated carbocycles. The summed E-state index contributed by atoms with van der Waals surface area (Å²) in [5.41, 5.74) is 3.52. The second-order valence-electron chi connectivity index (χ2n) is 7.95. The van der Waals surface area contributed by atoms with Crippen molar-refractivity contribution in [3.8, 4) is 0 Å². The van der Waals surface area contributed by atoms with Gasteiger partial charge in [0.1, 0.15) is 5.82 Å². The van der Waals surface area contributed by atoms with Gasteiger partial charge in [0.15, 0.2) is 18.2 Å². The Balaban J connectivity index is 1.23. The van der Waals surface area contributed by atoms with Crippen LogP contribution in [-0.4, -0.2) is 42.8 Å². The van der Waals surface area contributed by atoms with Gasteiger partial charge in [-0.3, -0.25) is 9.59 Å². The van der Waals surface area contributed by atoms with Gasteiger partial charge in [0.05, 0.1) is 11.4 Å². The predicted molar refractivity (Wildman–Crippen MR) is 112 cm³/mol. The Labute approximate surface area is 170 Å². The van der Waals surface area contributed by atoms with Crippen molar-refractivity contribution in [3.63, 3.8) is 0 Å². The Morgan fingerprint density at radius 1 is 1.07 bits per heavy atom. The molecule has 0 spiro atoms. The molecule has 1 fully saturated rings. The van der Waals surface area contributed by atoms with E-state index in [4.69, 9.17) is 0 Å². The molecule has 0 amide bonds. The van der Waals surface area contributed by atoms with Gasteiger partial charge in [0.25, 0.3) is 0 Å². The standard InChI is InChI=1S/C23H26FN3O2/c24-19-4-1-16(2-5-19)13-17-7-10-27(11-8-17)12-9-22(29)18-3-6-20-21(14-18)26-23(15-28)25-20/h1-6,14-15,17,23,25-26H,7-13H2. The van der Waals surface area contributed by atoms with Gasteiger partial charge < -0.3 is 15.5 Å². The average Bonchev–Trinajstić information content (AvgIpc) is 3.17. The van der Waals surface area contributed by atoms with E-state index in [1.807, 2.05) is 30.3 Å². The first-order valence-electron chi connectivity index (χ1n) is 10.2. The number of fused-ring (bicyclic) bond motifs is 1. The largest absolute Gasteiger partial charge is 0.358 e. The lowest BCUT2D eigenvalue weighted by atomic mass is 9.90. The third-order valence-corrected chi connectivity index (χ3v) is 5.90. The zero-order chi connectivity index (χ0) is 20.2. The number of benzene rings is 2. The van der Waals surface area contributed by atoms with Crippen LogP contribution in [0.25, 0.3) is 0 Å². The minimum Gasteiger partial charge on any atom is -0.358 e. The van der Waals surface area contributed by atoms with E-state index < -0.39 is 6.17 Å². The van der Waals surface area contributed by atoms with E-state index in [1.54, 1.807) is 0 Å². The maximum atomic E-state index is 13.0. The fourth-order valence-electron chi connectivity index (χ4n) is 4.17. The number of halogens is 1. The smallest absolute Gasteiger partial charge is 0.164 e. The molecule has 2 aromatic carbocycles. The fourth-order valence-corrected chi connectivity index (χ4v) is 4.17. The second kappa shape index (κ2) is 8.74. The fraction of sp³-hybridized carbons (Fsp3) is 0.391. The number of piperidine rings is 1. The number of ketones is 1. The van der Waals surface area contributed by atoms with Crippen molar-refractivity contribution in [1.82, 2.24) is 4.90 Å². The van der Waals surface area contributed by atoms with Crippen molar-refractivity contribution >= 4 is 23.4 Å². The number of nitrogens with one attached hydrogen (secondary N) is 2. The Bertz CT molecular complexity index is 876. The van der Waals surface area contributed by atoms with Crippen LogP contribution in [0.3, 0.4) is 0 Å². The molecule has 1 atom stereocenters. The topological polar surface area (TPSA) is 61.4 Å². The van der Waals surface area contributed by atoms with Crippen LogP contribution in [0.1, 0.15) is 35.2 Å². The van der Waals surface area contributed by atoms with Gasteiger partial charge in [-0.1, -0.05) is 12.1 Å². The Morgan fingerprint density at radius 3 is 2.52 bits per heavy atom. The first kappa shape index (κ1) is 19.6. The number of likely N-dealkylation sites (tertiary alicyclic amines) is 1. The summed E-state index contributed by atoms with van der Waals surface area (Å²) in [6.45, 7) is 2.76. The second-order valence-corrected chi connectivity index (χ2v) is 7.95. The maximum absolute atomic E-state index is 13.0. The Morgan fingerprint density at radius 2 is 1.79 bits per heavy atom. The molecule has 29 heavy (non-hydrogen) atoms. The lowest BCUT2D eigenvalue weighted by Crippen LogP contribution is -2.35. The van der Waals surface area contributed by atoms with Crippen molar-refractivity contribution in [3.05, 3.63) is 59.4 Å². The minimum absolute atomic E-state index is 0.123. The van der Waals surface area contributed by atoms with Gasteiger partial charge in [-0.15, -0.1) is 0 Å². The van der Waals surface area contributed by atoms with E-state index in [2.05, 4.69) is 15.5 Å². The summed E-state index contributed by atoms with van der Waals surface area (Å²) in [4.78, 5) is 25.9. The number of Topliss-reactive ketones (excluding diaryl/α,β-unsaturated/α-hetero) is 1. The summed E-state index contributed by atoms with van der Waals surface area (Å²) < 4.78 is 13.0. The SMILES string of the molecule is O=CC1Nc2ccc(C(=O)CCN3CCC(Cc4ccc(F)cc4)CC3)cc2N1. The Hall–Kier alpha value is -2.73. The molecular weight excluding hydrogens is 369 g/mol. The molecular formula is C23H26FN3O2. The first-order valence-corrected chi connectivity index (χ1v) is 10.2. The number of nitrogens with zero attached hydrogens (tertiary/aromatic N) is 1. The molecule has 1 unspecified atom stereocenters. The predicted octanol–water partition coefficient (Wildman–Crippen LogP) is 3.72. The van der Waals surface area contributed by atoms with Gasteiger partial charge >= 0.3 is 0 Å². The van der Waals surface area contributed by atoms with E-state index in [9.17, 15) is 14.0 Å². The first-order chi connectivity index (χ1) is 14.1. The molecule has 2 N–H and O–H groups in total. The van der Waals surface area contributed by atoms with Crippen LogP contribution < -0.4 is 10.6 Å². The molecule has 0 aromatic heterocycles. The normalized spacial score (nSPS) is 19.3. The third-order valence-electron chi connectivity index (χ3n) is 5.90. The highest BCUT2D eigenvalue weighted by Gasteiger charge is 2.22. The molecule has 0 radical (unpaired) electrons. The van der Waals surface area contributed by atoms with Crippen LogP contribution in [0.15, 0.2) is 42.5 Å². The van der Waals surface area contributed by atoms with E-state index >= 15 is 0 Å². The lowest BCUT2D eigenvalue weighted by molar-refractivity contribution is -0.107. The molecule has 0 bridgehead atoms. The molecule has 1 saturated heterocycles. The molecule has 0 aliphatic carbocycles. The van der Waals surface area contributed by atoms with E-state index in [-0.39, 0.29) is 11.6 Å². The van der Waals surface area contributed by atoms with Crippen molar-refractivity contribution in [2.75, 3.05) is 30.3 Å². The van der Waals surface area contributed by atoms with Crippen molar-refractivity contribution in [2.24, 2.45) is 5.92 Å². The average molecular weight is 395 g/mol. The minimum atomic E-state index is -0.424. The van der Waals surface area contributed by atoms with E-state index in [0.29, 0.717) is 17.9 Å². The number of hydrogen-bond acceptors (Lipinski definition) is 5. The number of carbonyl (C=O) groups excluding carboxylic acids is 2. The summed E-state index contributed by atoms with van der Waals surface area (Å²) in [5.74, 6) is 0.554. The van der Waals surface area contributed by atoms with E-state index in [0.717, 1.165) is 56.6 Å². The van der Waals surface area contributed by atoms with Crippen LogP contribution >= 0.6 is 0 Å². The van der Waals surface area contributed by atoms with Crippen molar-refractivity contribution < 1.29 is 14.0 Å². The van der Waals surface area contributed by atoms with Crippen LogP contribution in [0.4, 0.5) is 15.8 Å².